The lowest BCUT2D eigenvalue weighted by molar-refractivity contribution is -0.201. The molecule has 10 heteroatoms. The summed E-state index contributed by atoms with van der Waals surface area (Å²) in [4.78, 5) is 21.1. The maximum atomic E-state index is 11.7. The summed E-state index contributed by atoms with van der Waals surface area (Å²) in [6.07, 6.45) is -5.32. The van der Waals surface area contributed by atoms with Gasteiger partial charge in [0.1, 0.15) is 5.75 Å². The predicted molar refractivity (Wildman–Crippen MR) is 47.6 cm³/mol. The number of rotatable bonds is 3. The number of ether oxygens (including phenoxy) is 1. The van der Waals surface area contributed by atoms with Gasteiger partial charge in [0, 0.05) is 13.1 Å². The van der Waals surface area contributed by atoms with Crippen molar-refractivity contribution in [2.24, 2.45) is 0 Å². The van der Waals surface area contributed by atoms with Gasteiger partial charge in [-0.2, -0.15) is 13.2 Å². The summed E-state index contributed by atoms with van der Waals surface area (Å²) in [6, 6.07) is 0. The van der Waals surface area contributed by atoms with Gasteiger partial charge in [-0.3, -0.25) is 4.79 Å². The van der Waals surface area contributed by atoms with Crippen LogP contribution in [0.25, 0.3) is 0 Å². The number of hydrogen-bond acceptors (Lipinski definition) is 6. The summed E-state index contributed by atoms with van der Waals surface area (Å²) in [7, 11) is -3.87. The Balaban J connectivity index is 2.53. The zero-order valence-electron chi connectivity index (χ0n) is 8.28. The molecule has 0 bridgehead atoms. The molecule has 0 aliphatic carbocycles. The Hall–Kier alpha value is -1.16. The van der Waals surface area contributed by atoms with E-state index in [1.165, 1.54) is 0 Å². The van der Waals surface area contributed by atoms with Gasteiger partial charge in [0.05, 0.1) is 5.25 Å². The second kappa shape index (κ2) is 4.61. The van der Waals surface area contributed by atoms with Crippen LogP contribution in [0.1, 0.15) is 0 Å². The van der Waals surface area contributed by atoms with Gasteiger partial charge >= 0.3 is 18.1 Å². The third-order valence-corrected chi connectivity index (χ3v) is 4.00. The molecular weight excluding hydrogens is 267 g/mol. The van der Waals surface area contributed by atoms with Crippen LogP contribution in [0.4, 0.5) is 13.2 Å². The van der Waals surface area contributed by atoms with Gasteiger partial charge in [0.15, 0.2) is 9.84 Å². The number of carbonyl (C=O) groups excluding carboxylic acids is 2. The summed E-state index contributed by atoms with van der Waals surface area (Å²) < 4.78 is 61.1. The van der Waals surface area contributed by atoms with E-state index in [9.17, 15) is 31.2 Å². The Bertz CT molecular complexity index is 425. The molecule has 0 aromatic carbocycles. The molecule has 0 atom stereocenters. The molecule has 0 spiro atoms. The summed E-state index contributed by atoms with van der Waals surface area (Å²) in [6.45, 7) is 0.256. The van der Waals surface area contributed by atoms with Crippen LogP contribution in [0.3, 0.4) is 0 Å². The van der Waals surface area contributed by atoms with E-state index in [2.05, 4.69) is 10.1 Å². The van der Waals surface area contributed by atoms with Crippen LogP contribution in [0.2, 0.25) is 0 Å². The van der Waals surface area contributed by atoms with Crippen molar-refractivity contribution < 1.29 is 35.9 Å². The Labute approximate surface area is 94.0 Å². The highest BCUT2D eigenvalue weighted by atomic mass is 32.2. The Morgan fingerprint density at radius 1 is 1.29 bits per heavy atom. The van der Waals surface area contributed by atoms with Gasteiger partial charge in [-0.1, -0.05) is 0 Å². The molecule has 1 fully saturated rings. The maximum Gasteiger partial charge on any atom is 0.491 e. The van der Waals surface area contributed by atoms with Gasteiger partial charge in [0.25, 0.3) is 0 Å². The second-order valence-electron chi connectivity index (χ2n) is 3.35. The first-order valence-electron chi connectivity index (χ1n) is 4.37. The van der Waals surface area contributed by atoms with Gasteiger partial charge in [0.2, 0.25) is 0 Å². The zero-order valence-corrected chi connectivity index (χ0v) is 9.10. The van der Waals surface area contributed by atoms with E-state index in [4.69, 9.17) is 0 Å². The average Bonchev–Trinajstić information content (AvgIpc) is 1.94. The van der Waals surface area contributed by atoms with Crippen LogP contribution in [-0.2, 0) is 24.2 Å². The fraction of sp³-hybridized carbons (Fsp3) is 0.714. The fourth-order valence-corrected chi connectivity index (χ4v) is 2.36. The maximum absolute atomic E-state index is 11.7. The highest BCUT2D eigenvalue weighted by molar-refractivity contribution is 7.92. The summed E-state index contributed by atoms with van der Waals surface area (Å²) in [5.41, 5.74) is 0. The normalized spacial score (nSPS) is 17.4. The lowest BCUT2D eigenvalue weighted by Gasteiger charge is -2.26. The zero-order chi connectivity index (χ0) is 13.3. The van der Waals surface area contributed by atoms with Gasteiger partial charge in [-0.05, 0) is 0 Å². The molecule has 0 aromatic heterocycles. The summed E-state index contributed by atoms with van der Waals surface area (Å²) >= 11 is 0. The minimum Gasteiger partial charge on any atom is -0.386 e. The molecule has 1 heterocycles. The van der Waals surface area contributed by atoms with E-state index in [0.717, 1.165) is 0 Å². The van der Waals surface area contributed by atoms with Crippen molar-refractivity contribution in [2.45, 2.75) is 11.4 Å². The summed E-state index contributed by atoms with van der Waals surface area (Å²) in [5.74, 6) is -5.68. The lowest BCUT2D eigenvalue weighted by atomic mass is 10.3. The van der Waals surface area contributed by atoms with Crippen molar-refractivity contribution >= 4 is 21.8 Å². The first-order chi connectivity index (χ1) is 7.63. The van der Waals surface area contributed by atoms with E-state index in [-0.39, 0.29) is 13.1 Å². The van der Waals surface area contributed by atoms with Crippen LogP contribution >= 0.6 is 0 Å². The first-order valence-corrected chi connectivity index (χ1v) is 6.08. The Morgan fingerprint density at radius 2 is 1.82 bits per heavy atom. The van der Waals surface area contributed by atoms with E-state index in [0.29, 0.717) is 0 Å². The SMILES string of the molecule is O=C(CS(=O)(=O)C1CNC1)OC(=O)C(F)(F)F. The Kier molecular flexibility index (Phi) is 3.77. The molecule has 1 saturated heterocycles. The van der Waals surface area contributed by atoms with Gasteiger partial charge in [-0.15, -0.1) is 0 Å². The number of hydrogen-bond donors (Lipinski definition) is 1. The molecule has 0 saturated carbocycles. The topological polar surface area (TPSA) is 89.5 Å². The van der Waals surface area contributed by atoms with Crippen molar-refractivity contribution in [1.82, 2.24) is 5.32 Å². The molecule has 98 valence electrons. The molecule has 1 aliphatic rings. The molecule has 0 amide bonds. The van der Waals surface area contributed by atoms with Crippen LogP contribution in [0.5, 0.6) is 0 Å². The number of alkyl halides is 3. The highest BCUT2D eigenvalue weighted by Gasteiger charge is 2.43. The largest absolute Gasteiger partial charge is 0.491 e. The number of nitrogens with one attached hydrogen (secondary N) is 1. The number of carbonyl (C=O) groups is 2. The van der Waals surface area contributed by atoms with Crippen molar-refractivity contribution in [3.63, 3.8) is 0 Å². The molecule has 0 aromatic rings. The molecule has 6 nitrogen and oxygen atoms in total. The Morgan fingerprint density at radius 3 is 2.18 bits per heavy atom. The predicted octanol–water partition coefficient (Wildman–Crippen LogP) is -0.995. The van der Waals surface area contributed by atoms with Crippen LogP contribution in [0, 0.1) is 0 Å². The summed E-state index contributed by atoms with van der Waals surface area (Å²) in [5, 5.41) is 1.80. The number of halogens is 3. The monoisotopic (exact) mass is 275 g/mol. The molecule has 1 N–H and O–H groups in total. The fourth-order valence-electron chi connectivity index (χ4n) is 0.989. The van der Waals surface area contributed by atoms with Crippen LogP contribution in [0.15, 0.2) is 0 Å². The molecule has 1 aliphatic heterocycles. The van der Waals surface area contributed by atoms with E-state index in [1.54, 1.807) is 0 Å². The quantitative estimate of drug-likeness (QED) is 0.525. The van der Waals surface area contributed by atoms with Crippen LogP contribution in [-0.4, -0.2) is 50.6 Å². The van der Waals surface area contributed by atoms with E-state index in [1.807, 2.05) is 0 Å². The molecule has 0 unspecified atom stereocenters. The third-order valence-electron chi connectivity index (χ3n) is 2.01. The van der Waals surface area contributed by atoms with Crippen molar-refractivity contribution in [1.29, 1.82) is 0 Å². The van der Waals surface area contributed by atoms with Gasteiger partial charge < -0.3 is 10.1 Å². The first kappa shape index (κ1) is 13.9. The van der Waals surface area contributed by atoms with Crippen molar-refractivity contribution in [3.05, 3.63) is 0 Å². The molecule has 1 rings (SSSR count). The molecule has 0 radical (unpaired) electrons. The highest BCUT2D eigenvalue weighted by Crippen LogP contribution is 2.17. The lowest BCUT2D eigenvalue weighted by Crippen LogP contribution is -2.53. The number of esters is 2. The van der Waals surface area contributed by atoms with E-state index < -0.39 is 39.0 Å². The van der Waals surface area contributed by atoms with Crippen molar-refractivity contribution in [2.75, 3.05) is 18.8 Å². The second-order valence-corrected chi connectivity index (χ2v) is 5.63. The minimum absolute atomic E-state index is 0.128. The van der Waals surface area contributed by atoms with Gasteiger partial charge in [-0.25, -0.2) is 13.2 Å². The molecule has 17 heavy (non-hydrogen) atoms. The van der Waals surface area contributed by atoms with Crippen LogP contribution < -0.4 is 5.32 Å². The molecular formula is C7H8F3NO5S. The standard InChI is InChI=1S/C7H8F3NO5S/c8-7(9,10)6(13)16-5(12)3-17(14,15)4-1-11-2-4/h4,11H,1-3H2. The average molecular weight is 275 g/mol. The number of sulfone groups is 1. The third kappa shape index (κ3) is 3.66. The van der Waals surface area contributed by atoms with E-state index >= 15 is 0 Å². The van der Waals surface area contributed by atoms with Crippen molar-refractivity contribution in [3.8, 4) is 0 Å². The minimum atomic E-state index is -5.32. The smallest absolute Gasteiger partial charge is 0.386 e.